The molecule has 0 aliphatic carbocycles. The Morgan fingerprint density at radius 2 is 2.18 bits per heavy atom. The van der Waals surface area contributed by atoms with Crippen molar-refractivity contribution in [3.8, 4) is 0 Å². The summed E-state index contributed by atoms with van der Waals surface area (Å²) in [6.45, 7) is 3.97. The van der Waals surface area contributed by atoms with Gasteiger partial charge in [0, 0.05) is 13.1 Å². The van der Waals surface area contributed by atoms with E-state index in [1.807, 2.05) is 0 Å². The summed E-state index contributed by atoms with van der Waals surface area (Å²) in [5.41, 5.74) is 0. The van der Waals surface area contributed by atoms with E-state index in [2.05, 4.69) is 0 Å². The van der Waals surface area contributed by atoms with Crippen molar-refractivity contribution in [2.24, 2.45) is 0 Å². The number of aliphatic hydroxyl groups is 2. The van der Waals surface area contributed by atoms with Crippen LogP contribution in [0.2, 0.25) is 0 Å². The first-order chi connectivity index (χ1) is 5.13. The third-order valence-electron chi connectivity index (χ3n) is 1.42. The maximum atomic E-state index is 11.0. The zero-order valence-corrected chi connectivity index (χ0v) is 6.95. The Morgan fingerprint density at radius 3 is 2.45 bits per heavy atom. The van der Waals surface area contributed by atoms with Gasteiger partial charge < -0.3 is 15.1 Å². The van der Waals surface area contributed by atoms with Crippen LogP contribution in [-0.4, -0.2) is 46.8 Å². The zero-order chi connectivity index (χ0) is 8.85. The molecule has 0 aliphatic heterocycles. The quantitative estimate of drug-likeness (QED) is 0.568. The monoisotopic (exact) mass is 161 g/mol. The molecule has 0 aromatic heterocycles. The van der Waals surface area contributed by atoms with Crippen LogP contribution in [0.25, 0.3) is 0 Å². The number of nitrogens with zero attached hydrogens (tertiary/aromatic N) is 1. The molecule has 11 heavy (non-hydrogen) atoms. The second-order valence-corrected chi connectivity index (χ2v) is 2.32. The molecular weight excluding hydrogens is 146 g/mol. The van der Waals surface area contributed by atoms with Gasteiger partial charge in [-0.05, 0) is 13.8 Å². The lowest BCUT2D eigenvalue weighted by Gasteiger charge is -2.20. The van der Waals surface area contributed by atoms with Gasteiger partial charge in [-0.2, -0.15) is 0 Å². The van der Waals surface area contributed by atoms with Gasteiger partial charge in [-0.15, -0.1) is 0 Å². The molecule has 0 fully saturated rings. The van der Waals surface area contributed by atoms with E-state index >= 15 is 0 Å². The van der Waals surface area contributed by atoms with Crippen LogP contribution in [0.3, 0.4) is 0 Å². The molecule has 0 saturated heterocycles. The summed E-state index contributed by atoms with van der Waals surface area (Å²) in [4.78, 5) is 12.4. The highest BCUT2D eigenvalue weighted by Gasteiger charge is 2.15. The lowest BCUT2D eigenvalue weighted by atomic mass is 10.3. The Bertz CT molecular complexity index is 125. The summed E-state index contributed by atoms with van der Waals surface area (Å²) < 4.78 is 0. The van der Waals surface area contributed by atoms with E-state index in [0.29, 0.717) is 13.1 Å². The minimum absolute atomic E-state index is 0.0632. The molecule has 4 nitrogen and oxygen atoms in total. The lowest BCUT2D eigenvalue weighted by molar-refractivity contribution is -0.139. The van der Waals surface area contributed by atoms with Gasteiger partial charge in [-0.1, -0.05) is 0 Å². The second-order valence-electron chi connectivity index (χ2n) is 2.32. The van der Waals surface area contributed by atoms with E-state index in [-0.39, 0.29) is 12.5 Å². The molecule has 0 radical (unpaired) electrons. The van der Waals surface area contributed by atoms with Crippen LogP contribution in [0.5, 0.6) is 0 Å². The highest BCUT2D eigenvalue weighted by atomic mass is 16.3. The van der Waals surface area contributed by atoms with Gasteiger partial charge in [-0.25, -0.2) is 0 Å². The molecule has 4 heteroatoms. The van der Waals surface area contributed by atoms with Gasteiger partial charge in [-0.3, -0.25) is 4.79 Å². The van der Waals surface area contributed by atoms with Gasteiger partial charge >= 0.3 is 0 Å². The molecule has 0 unspecified atom stereocenters. The van der Waals surface area contributed by atoms with Gasteiger partial charge in [0.2, 0.25) is 0 Å². The van der Waals surface area contributed by atoms with Gasteiger partial charge in [0.25, 0.3) is 5.91 Å². The highest BCUT2D eigenvalue weighted by molar-refractivity contribution is 5.80. The van der Waals surface area contributed by atoms with Crippen molar-refractivity contribution in [1.82, 2.24) is 4.90 Å². The first-order valence-corrected chi connectivity index (χ1v) is 3.71. The molecular formula is C7H15NO3. The predicted molar refractivity (Wildman–Crippen MR) is 41.0 cm³/mol. The van der Waals surface area contributed by atoms with E-state index in [4.69, 9.17) is 10.2 Å². The Morgan fingerprint density at radius 1 is 1.64 bits per heavy atom. The average molecular weight is 161 g/mol. The molecule has 0 rings (SSSR count). The van der Waals surface area contributed by atoms with Crippen LogP contribution in [0.1, 0.15) is 13.8 Å². The fourth-order valence-corrected chi connectivity index (χ4v) is 0.809. The van der Waals surface area contributed by atoms with Crippen LogP contribution in [0.15, 0.2) is 0 Å². The van der Waals surface area contributed by atoms with Gasteiger partial charge in [0.1, 0.15) is 6.10 Å². The van der Waals surface area contributed by atoms with Crippen LogP contribution in [0.4, 0.5) is 0 Å². The van der Waals surface area contributed by atoms with Gasteiger partial charge in [0.15, 0.2) is 0 Å². The maximum Gasteiger partial charge on any atom is 0.251 e. The summed E-state index contributed by atoms with van der Waals surface area (Å²) in [6.07, 6.45) is -0.971. The van der Waals surface area contributed by atoms with E-state index in [0.717, 1.165) is 0 Å². The Labute approximate surface area is 66.4 Å². The van der Waals surface area contributed by atoms with E-state index in [9.17, 15) is 4.79 Å². The van der Waals surface area contributed by atoms with Crippen LogP contribution >= 0.6 is 0 Å². The normalized spacial score (nSPS) is 12.7. The number of carbonyl (C=O) groups is 1. The molecule has 66 valence electrons. The Hall–Kier alpha value is -0.610. The number of rotatable bonds is 4. The van der Waals surface area contributed by atoms with E-state index < -0.39 is 6.10 Å². The largest absolute Gasteiger partial charge is 0.395 e. The van der Waals surface area contributed by atoms with Crippen molar-refractivity contribution in [3.63, 3.8) is 0 Å². The van der Waals surface area contributed by atoms with Crippen molar-refractivity contribution >= 4 is 5.91 Å². The third-order valence-corrected chi connectivity index (χ3v) is 1.42. The fourth-order valence-electron chi connectivity index (χ4n) is 0.809. The maximum absolute atomic E-state index is 11.0. The molecule has 0 saturated carbocycles. The zero-order valence-electron chi connectivity index (χ0n) is 6.95. The summed E-state index contributed by atoms with van der Waals surface area (Å²) in [5, 5.41) is 17.4. The molecule has 0 spiro atoms. The molecule has 0 bridgehead atoms. The Kier molecular flexibility index (Phi) is 4.81. The number of hydrogen-bond acceptors (Lipinski definition) is 3. The summed E-state index contributed by atoms with van der Waals surface area (Å²) in [7, 11) is 0. The standard InChI is InChI=1S/C7H15NO3/c1-3-8(4-5-9)7(11)6(2)10/h6,9-10H,3-5H2,1-2H3/t6-/m0/s1. The number of carbonyl (C=O) groups excluding carboxylic acids is 1. The molecule has 0 aliphatic rings. The summed E-state index contributed by atoms with van der Waals surface area (Å²) >= 11 is 0. The van der Waals surface area contributed by atoms with Gasteiger partial charge in [0.05, 0.1) is 6.61 Å². The fraction of sp³-hybridized carbons (Fsp3) is 0.857. The smallest absolute Gasteiger partial charge is 0.251 e. The minimum Gasteiger partial charge on any atom is -0.395 e. The van der Waals surface area contributed by atoms with Crippen LogP contribution in [-0.2, 0) is 4.79 Å². The number of likely N-dealkylation sites (N-methyl/N-ethyl adjacent to an activating group) is 1. The van der Waals surface area contributed by atoms with Crippen molar-refractivity contribution < 1.29 is 15.0 Å². The second kappa shape index (κ2) is 5.09. The van der Waals surface area contributed by atoms with Crippen molar-refractivity contribution in [1.29, 1.82) is 0 Å². The van der Waals surface area contributed by atoms with Crippen molar-refractivity contribution in [3.05, 3.63) is 0 Å². The first kappa shape index (κ1) is 10.4. The molecule has 0 heterocycles. The number of amides is 1. The number of hydrogen-bond donors (Lipinski definition) is 2. The summed E-state index contributed by atoms with van der Waals surface area (Å²) in [6, 6.07) is 0. The van der Waals surface area contributed by atoms with Crippen LogP contribution < -0.4 is 0 Å². The SMILES string of the molecule is CCN(CCO)C(=O)[C@H](C)O. The molecule has 1 amide bonds. The highest BCUT2D eigenvalue weighted by Crippen LogP contribution is 1.93. The van der Waals surface area contributed by atoms with Crippen molar-refractivity contribution in [2.75, 3.05) is 19.7 Å². The summed E-state index contributed by atoms with van der Waals surface area (Å²) in [5.74, 6) is -0.332. The number of aliphatic hydroxyl groups excluding tert-OH is 2. The van der Waals surface area contributed by atoms with Crippen molar-refractivity contribution in [2.45, 2.75) is 20.0 Å². The van der Waals surface area contributed by atoms with E-state index in [1.54, 1.807) is 6.92 Å². The lowest BCUT2D eigenvalue weighted by Crippen LogP contribution is -2.39. The first-order valence-electron chi connectivity index (χ1n) is 3.71. The average Bonchev–Trinajstić information content (AvgIpc) is 1.98. The minimum atomic E-state index is -0.971. The Balaban J connectivity index is 3.92. The molecule has 0 aromatic carbocycles. The predicted octanol–water partition coefficient (Wildman–Crippen LogP) is -0.792. The third kappa shape index (κ3) is 3.34. The molecule has 1 atom stereocenters. The molecule has 2 N–H and O–H groups in total. The van der Waals surface area contributed by atoms with Crippen LogP contribution in [0, 0.1) is 0 Å². The van der Waals surface area contributed by atoms with E-state index in [1.165, 1.54) is 11.8 Å². The molecule has 0 aromatic rings. The topological polar surface area (TPSA) is 60.8 Å².